The predicted molar refractivity (Wildman–Crippen MR) is 23.9 cm³/mol. The van der Waals surface area contributed by atoms with Crippen molar-refractivity contribution >= 4 is 11.9 Å². The molecule has 5 nitrogen and oxygen atoms in total. The summed E-state index contributed by atoms with van der Waals surface area (Å²) < 4.78 is 0. The highest BCUT2D eigenvalue weighted by atomic mass is 16.5. The number of nitrogens with zero attached hydrogens (tertiary/aromatic N) is 1. The molecule has 0 unspecified atom stereocenters. The lowest BCUT2D eigenvalue weighted by Gasteiger charge is -2.03. The van der Waals surface area contributed by atoms with Gasteiger partial charge in [-0.3, -0.25) is 10.0 Å². The lowest BCUT2D eigenvalue weighted by Crippen LogP contribution is -2.36. The lowest BCUT2D eigenvalue weighted by atomic mass is 10.7. The SMILES string of the molecule is CC(=O)N(O)C(N)=O. The van der Waals surface area contributed by atoms with Crippen LogP contribution in [0.4, 0.5) is 4.79 Å². The van der Waals surface area contributed by atoms with Gasteiger partial charge in [0.25, 0.3) is 5.91 Å². The van der Waals surface area contributed by atoms with Gasteiger partial charge in [-0.15, -0.1) is 5.06 Å². The molecule has 0 aliphatic heterocycles. The summed E-state index contributed by atoms with van der Waals surface area (Å²) in [7, 11) is 0. The summed E-state index contributed by atoms with van der Waals surface area (Å²) >= 11 is 0. The Kier molecular flexibility index (Phi) is 1.96. The van der Waals surface area contributed by atoms with Crippen LogP contribution < -0.4 is 5.73 Å². The normalized spacial score (nSPS) is 8.25. The number of amides is 3. The van der Waals surface area contributed by atoms with E-state index in [1.54, 1.807) is 0 Å². The molecule has 0 saturated heterocycles. The molecule has 3 amide bonds. The monoisotopic (exact) mass is 118 g/mol. The molecule has 0 aliphatic carbocycles. The van der Waals surface area contributed by atoms with Crippen molar-refractivity contribution in [2.24, 2.45) is 5.73 Å². The summed E-state index contributed by atoms with van der Waals surface area (Å²) in [5.74, 6) is -0.794. The van der Waals surface area contributed by atoms with Crippen LogP contribution in [0.5, 0.6) is 0 Å². The third-order valence-corrected chi connectivity index (χ3v) is 0.507. The Balaban J connectivity index is 3.83. The zero-order valence-corrected chi connectivity index (χ0v) is 4.29. The van der Waals surface area contributed by atoms with Crippen molar-refractivity contribution in [2.75, 3.05) is 0 Å². The first-order chi connectivity index (χ1) is 3.55. The molecule has 0 aromatic heterocycles. The Hall–Kier alpha value is -1.10. The van der Waals surface area contributed by atoms with E-state index in [1.165, 1.54) is 0 Å². The first kappa shape index (κ1) is 6.90. The van der Waals surface area contributed by atoms with Gasteiger partial charge in [-0.25, -0.2) is 4.79 Å². The lowest BCUT2D eigenvalue weighted by molar-refractivity contribution is -0.149. The molecular weight excluding hydrogens is 112 g/mol. The van der Waals surface area contributed by atoms with Gasteiger partial charge in [-0.1, -0.05) is 0 Å². The largest absolute Gasteiger partial charge is 0.349 e. The van der Waals surface area contributed by atoms with E-state index in [-0.39, 0.29) is 5.06 Å². The molecule has 0 saturated carbocycles. The van der Waals surface area contributed by atoms with Gasteiger partial charge in [0, 0.05) is 6.92 Å². The number of hydrogen-bond donors (Lipinski definition) is 2. The van der Waals surface area contributed by atoms with Gasteiger partial charge in [-0.2, -0.15) is 0 Å². The number of carbonyl (C=O) groups is 2. The third-order valence-electron chi connectivity index (χ3n) is 0.507. The Bertz CT molecular complexity index is 108. The van der Waals surface area contributed by atoms with Gasteiger partial charge in [-0.05, 0) is 0 Å². The molecule has 0 atom stereocenters. The number of hydroxylamine groups is 2. The summed E-state index contributed by atoms with van der Waals surface area (Å²) in [5.41, 5.74) is 4.45. The third kappa shape index (κ3) is 1.57. The predicted octanol–water partition coefficient (Wildman–Crippen LogP) is -0.697. The molecule has 0 aromatic carbocycles. The van der Waals surface area contributed by atoms with Gasteiger partial charge in [0.2, 0.25) is 0 Å². The molecule has 0 rings (SSSR count). The fourth-order valence-electron chi connectivity index (χ4n) is 0.155. The van der Waals surface area contributed by atoms with E-state index in [0.717, 1.165) is 6.92 Å². The zero-order chi connectivity index (χ0) is 6.73. The number of nitrogens with two attached hydrogens (primary N) is 1. The molecule has 0 heterocycles. The van der Waals surface area contributed by atoms with Gasteiger partial charge < -0.3 is 5.73 Å². The van der Waals surface area contributed by atoms with E-state index >= 15 is 0 Å². The van der Waals surface area contributed by atoms with E-state index in [4.69, 9.17) is 5.21 Å². The topological polar surface area (TPSA) is 83.6 Å². The fraction of sp³-hybridized carbons (Fsp3) is 0.333. The molecule has 0 aliphatic rings. The zero-order valence-electron chi connectivity index (χ0n) is 4.29. The summed E-state index contributed by atoms with van der Waals surface area (Å²) in [5, 5.41) is 8.05. The fourth-order valence-corrected chi connectivity index (χ4v) is 0.155. The van der Waals surface area contributed by atoms with Crippen LogP contribution in [0.1, 0.15) is 6.92 Å². The van der Waals surface area contributed by atoms with Crippen LogP contribution in [0.3, 0.4) is 0 Å². The average Bonchev–Trinajstić information content (AvgIpc) is 1.64. The summed E-state index contributed by atoms with van der Waals surface area (Å²) in [6.45, 7) is 1.02. The maximum Gasteiger partial charge on any atom is 0.345 e. The summed E-state index contributed by atoms with van der Waals surface area (Å²) in [6.07, 6.45) is 0. The van der Waals surface area contributed by atoms with Gasteiger partial charge in [0.15, 0.2) is 0 Å². The number of primary amides is 1. The van der Waals surface area contributed by atoms with E-state index in [9.17, 15) is 9.59 Å². The molecule has 8 heavy (non-hydrogen) atoms. The second-order valence-corrected chi connectivity index (χ2v) is 1.17. The number of rotatable bonds is 0. The molecule has 5 heteroatoms. The van der Waals surface area contributed by atoms with Crippen LogP contribution in [-0.2, 0) is 4.79 Å². The number of carbonyl (C=O) groups excluding carboxylic acids is 2. The second kappa shape index (κ2) is 2.27. The van der Waals surface area contributed by atoms with Crippen molar-refractivity contribution in [3.8, 4) is 0 Å². The molecule has 3 N–H and O–H groups in total. The first-order valence-corrected chi connectivity index (χ1v) is 1.84. The highest BCUT2D eigenvalue weighted by Crippen LogP contribution is 1.78. The van der Waals surface area contributed by atoms with E-state index < -0.39 is 11.9 Å². The molecule has 0 bridgehead atoms. The van der Waals surface area contributed by atoms with Crippen molar-refractivity contribution in [1.29, 1.82) is 0 Å². The van der Waals surface area contributed by atoms with Crippen molar-refractivity contribution in [2.45, 2.75) is 6.92 Å². The Morgan fingerprint density at radius 3 is 2.00 bits per heavy atom. The van der Waals surface area contributed by atoms with Crippen molar-refractivity contribution in [1.82, 2.24) is 5.06 Å². The summed E-state index contributed by atoms with van der Waals surface area (Å²) in [6, 6.07) is -1.17. The standard InChI is InChI=1S/C3H6N2O3/c1-2(6)5(8)3(4)7/h8H,1H3,(H2,4,7). The van der Waals surface area contributed by atoms with Gasteiger partial charge in [0.05, 0.1) is 0 Å². The van der Waals surface area contributed by atoms with Crippen molar-refractivity contribution < 1.29 is 14.8 Å². The molecule has 0 radical (unpaired) electrons. The summed E-state index contributed by atoms with van der Waals surface area (Å²) in [4.78, 5) is 19.8. The van der Waals surface area contributed by atoms with Crippen LogP contribution in [0.15, 0.2) is 0 Å². The second-order valence-electron chi connectivity index (χ2n) is 1.17. The molecule has 0 spiro atoms. The maximum atomic E-state index is 9.96. The Labute approximate surface area is 45.6 Å². The van der Waals surface area contributed by atoms with E-state index in [2.05, 4.69) is 5.73 Å². The minimum atomic E-state index is -1.17. The van der Waals surface area contributed by atoms with Crippen molar-refractivity contribution in [3.63, 3.8) is 0 Å². The van der Waals surface area contributed by atoms with Crippen LogP contribution >= 0.6 is 0 Å². The van der Waals surface area contributed by atoms with Crippen LogP contribution in [0, 0.1) is 0 Å². The molecular formula is C3H6N2O3. The smallest absolute Gasteiger partial charge is 0.345 e. The molecule has 46 valence electrons. The number of urea groups is 1. The Morgan fingerprint density at radius 2 is 2.00 bits per heavy atom. The minimum absolute atomic E-state index is 0.167. The highest BCUT2D eigenvalue weighted by molar-refractivity contribution is 5.90. The maximum absolute atomic E-state index is 9.96. The molecule has 0 fully saturated rings. The van der Waals surface area contributed by atoms with Crippen LogP contribution in [0.25, 0.3) is 0 Å². The first-order valence-electron chi connectivity index (χ1n) is 1.84. The Morgan fingerprint density at radius 1 is 1.62 bits per heavy atom. The van der Waals surface area contributed by atoms with E-state index in [0.29, 0.717) is 0 Å². The number of imide groups is 1. The van der Waals surface area contributed by atoms with Crippen LogP contribution in [-0.4, -0.2) is 22.2 Å². The van der Waals surface area contributed by atoms with Gasteiger partial charge in [0.1, 0.15) is 0 Å². The van der Waals surface area contributed by atoms with Gasteiger partial charge >= 0.3 is 6.03 Å². The quantitative estimate of drug-likeness (QED) is 0.326. The van der Waals surface area contributed by atoms with Crippen molar-refractivity contribution in [3.05, 3.63) is 0 Å². The molecule has 0 aromatic rings. The highest BCUT2D eigenvalue weighted by Gasteiger charge is 2.08. The van der Waals surface area contributed by atoms with E-state index in [1.807, 2.05) is 0 Å². The average molecular weight is 118 g/mol. The minimum Gasteiger partial charge on any atom is -0.349 e. The van der Waals surface area contributed by atoms with Crippen LogP contribution in [0.2, 0.25) is 0 Å². The number of hydrogen-bond acceptors (Lipinski definition) is 3.